The van der Waals surface area contributed by atoms with Crippen molar-refractivity contribution in [3.63, 3.8) is 0 Å². The van der Waals surface area contributed by atoms with Crippen molar-refractivity contribution < 1.29 is 13.9 Å². The quantitative estimate of drug-likeness (QED) is 0.753. The number of benzene rings is 1. The zero-order valence-corrected chi connectivity index (χ0v) is 11.6. The van der Waals surface area contributed by atoms with Gasteiger partial charge in [-0.3, -0.25) is 4.79 Å². The Balaban J connectivity index is 2.55. The summed E-state index contributed by atoms with van der Waals surface area (Å²) in [6, 6.07) is 6.05. The number of nitriles is 1. The maximum Gasteiger partial charge on any atom is 0.236 e. The second kappa shape index (κ2) is 8.25. The van der Waals surface area contributed by atoms with Gasteiger partial charge in [-0.25, -0.2) is 4.39 Å². The minimum Gasteiger partial charge on any atom is -0.383 e. The van der Waals surface area contributed by atoms with Crippen LogP contribution in [-0.2, 0) is 16.1 Å². The van der Waals surface area contributed by atoms with Gasteiger partial charge in [0.2, 0.25) is 5.91 Å². The highest BCUT2D eigenvalue weighted by Gasteiger charge is 2.12. The largest absolute Gasteiger partial charge is 0.383 e. The van der Waals surface area contributed by atoms with Crippen molar-refractivity contribution in [3.05, 3.63) is 35.1 Å². The van der Waals surface area contributed by atoms with Crippen molar-refractivity contribution in [1.82, 2.24) is 10.2 Å². The molecule has 1 aromatic carbocycles. The average molecular weight is 279 g/mol. The topological polar surface area (TPSA) is 65.4 Å². The molecule has 0 aliphatic carbocycles. The normalized spacial score (nSPS) is 10.1. The van der Waals surface area contributed by atoms with E-state index in [0.29, 0.717) is 24.3 Å². The fraction of sp³-hybridized carbons (Fsp3) is 0.429. The zero-order valence-electron chi connectivity index (χ0n) is 11.6. The fourth-order valence-corrected chi connectivity index (χ4v) is 1.61. The highest BCUT2D eigenvalue weighted by atomic mass is 19.1. The summed E-state index contributed by atoms with van der Waals surface area (Å²) in [5.74, 6) is -0.571. The summed E-state index contributed by atoms with van der Waals surface area (Å²) >= 11 is 0. The van der Waals surface area contributed by atoms with Crippen molar-refractivity contribution in [1.29, 1.82) is 5.26 Å². The van der Waals surface area contributed by atoms with Gasteiger partial charge in [0, 0.05) is 32.8 Å². The molecule has 1 N–H and O–H groups in total. The van der Waals surface area contributed by atoms with Gasteiger partial charge in [-0.15, -0.1) is 0 Å². The molecule has 0 unspecified atom stereocenters. The van der Waals surface area contributed by atoms with E-state index in [2.05, 4.69) is 5.32 Å². The summed E-state index contributed by atoms with van der Waals surface area (Å²) < 4.78 is 18.5. The third kappa shape index (κ3) is 4.96. The number of methoxy groups -OCH3 is 1. The molecule has 1 rings (SSSR count). The van der Waals surface area contributed by atoms with E-state index in [1.807, 2.05) is 6.07 Å². The van der Waals surface area contributed by atoms with Crippen molar-refractivity contribution in [2.75, 3.05) is 33.9 Å². The van der Waals surface area contributed by atoms with E-state index in [1.54, 1.807) is 14.2 Å². The number of nitrogens with one attached hydrogen (secondary N) is 1. The Hall–Kier alpha value is -1.97. The summed E-state index contributed by atoms with van der Waals surface area (Å²) in [6.45, 7) is 1.40. The van der Waals surface area contributed by atoms with Gasteiger partial charge in [0.05, 0.1) is 24.8 Å². The number of likely N-dealkylation sites (N-methyl/N-ethyl adjacent to an activating group) is 1. The third-order valence-electron chi connectivity index (χ3n) is 2.77. The van der Waals surface area contributed by atoms with E-state index in [-0.39, 0.29) is 19.0 Å². The first-order chi connectivity index (χ1) is 9.58. The number of carbonyl (C=O) groups is 1. The monoisotopic (exact) mass is 279 g/mol. The molecule has 0 saturated carbocycles. The number of hydrogen-bond acceptors (Lipinski definition) is 4. The Morgan fingerprint density at radius 1 is 1.55 bits per heavy atom. The number of nitrogens with zero attached hydrogens (tertiary/aromatic N) is 2. The number of rotatable bonds is 7. The first-order valence-corrected chi connectivity index (χ1v) is 6.20. The van der Waals surface area contributed by atoms with Crippen LogP contribution in [0.1, 0.15) is 11.1 Å². The molecular weight excluding hydrogens is 261 g/mol. The second-order valence-corrected chi connectivity index (χ2v) is 4.34. The molecule has 0 fully saturated rings. The van der Waals surface area contributed by atoms with Gasteiger partial charge in [0.1, 0.15) is 5.82 Å². The molecule has 6 heteroatoms. The van der Waals surface area contributed by atoms with Gasteiger partial charge in [-0.1, -0.05) is 0 Å². The van der Waals surface area contributed by atoms with Gasteiger partial charge < -0.3 is 15.0 Å². The van der Waals surface area contributed by atoms with Crippen LogP contribution in [0.15, 0.2) is 18.2 Å². The highest BCUT2D eigenvalue weighted by molar-refractivity contribution is 5.77. The van der Waals surface area contributed by atoms with E-state index in [1.165, 1.54) is 23.1 Å². The first-order valence-electron chi connectivity index (χ1n) is 6.20. The zero-order chi connectivity index (χ0) is 15.0. The van der Waals surface area contributed by atoms with Crippen LogP contribution in [0.25, 0.3) is 0 Å². The van der Waals surface area contributed by atoms with Gasteiger partial charge >= 0.3 is 0 Å². The molecule has 0 aliphatic rings. The molecule has 0 aromatic heterocycles. The minimum atomic E-state index is -0.420. The van der Waals surface area contributed by atoms with Crippen LogP contribution in [-0.4, -0.2) is 44.7 Å². The van der Waals surface area contributed by atoms with Gasteiger partial charge in [0.15, 0.2) is 0 Å². The molecular formula is C14H18FN3O2. The van der Waals surface area contributed by atoms with Crippen LogP contribution in [0.3, 0.4) is 0 Å². The van der Waals surface area contributed by atoms with Crippen molar-refractivity contribution >= 4 is 5.91 Å². The number of carbonyl (C=O) groups excluding carboxylic acids is 1. The van der Waals surface area contributed by atoms with Crippen molar-refractivity contribution in [2.24, 2.45) is 0 Å². The lowest BCUT2D eigenvalue weighted by atomic mass is 10.1. The molecule has 0 heterocycles. The first kappa shape index (κ1) is 16.1. The highest BCUT2D eigenvalue weighted by Crippen LogP contribution is 2.12. The lowest BCUT2D eigenvalue weighted by molar-refractivity contribution is -0.129. The predicted molar refractivity (Wildman–Crippen MR) is 72.3 cm³/mol. The van der Waals surface area contributed by atoms with Crippen LogP contribution in [0.5, 0.6) is 0 Å². The van der Waals surface area contributed by atoms with Crippen LogP contribution < -0.4 is 5.32 Å². The summed E-state index contributed by atoms with van der Waals surface area (Å²) in [6.07, 6.45) is 0. The second-order valence-electron chi connectivity index (χ2n) is 4.34. The molecule has 0 atom stereocenters. The number of hydrogen-bond donors (Lipinski definition) is 1. The van der Waals surface area contributed by atoms with Crippen molar-refractivity contribution in [3.8, 4) is 6.07 Å². The number of ether oxygens (including phenoxy) is 1. The van der Waals surface area contributed by atoms with E-state index in [0.717, 1.165) is 0 Å². The summed E-state index contributed by atoms with van der Waals surface area (Å²) in [5, 5.41) is 11.7. The molecule has 0 spiro atoms. The Kier molecular flexibility index (Phi) is 6.64. The molecule has 0 bridgehead atoms. The average Bonchev–Trinajstić information content (AvgIpc) is 2.45. The molecule has 0 radical (unpaired) electrons. The lowest BCUT2D eigenvalue weighted by Gasteiger charge is -2.18. The van der Waals surface area contributed by atoms with E-state index in [4.69, 9.17) is 10.00 Å². The molecule has 0 saturated heterocycles. The van der Waals surface area contributed by atoms with Gasteiger partial charge in [-0.2, -0.15) is 5.26 Å². The molecule has 20 heavy (non-hydrogen) atoms. The number of amides is 1. The molecule has 1 amide bonds. The van der Waals surface area contributed by atoms with E-state index < -0.39 is 5.82 Å². The molecule has 0 aliphatic heterocycles. The Morgan fingerprint density at radius 3 is 2.95 bits per heavy atom. The number of halogens is 1. The standard InChI is InChI=1S/C14H18FN3O2/c1-18(14(19)9-17-5-6-20-2)10-12-7-11(8-16)3-4-13(12)15/h3-4,7,17H,5-6,9-10H2,1-2H3. The minimum absolute atomic E-state index is 0.131. The van der Waals surface area contributed by atoms with Crippen LogP contribution in [0.4, 0.5) is 4.39 Å². The summed E-state index contributed by atoms with van der Waals surface area (Å²) in [5.41, 5.74) is 0.706. The smallest absolute Gasteiger partial charge is 0.236 e. The SMILES string of the molecule is COCCNCC(=O)N(C)Cc1cc(C#N)ccc1F. The Labute approximate surface area is 117 Å². The van der Waals surface area contributed by atoms with Crippen LogP contribution in [0, 0.1) is 17.1 Å². The van der Waals surface area contributed by atoms with E-state index >= 15 is 0 Å². The van der Waals surface area contributed by atoms with Crippen LogP contribution in [0.2, 0.25) is 0 Å². The van der Waals surface area contributed by atoms with Crippen molar-refractivity contribution in [2.45, 2.75) is 6.54 Å². The Morgan fingerprint density at radius 2 is 2.30 bits per heavy atom. The lowest BCUT2D eigenvalue weighted by Crippen LogP contribution is -2.36. The molecule has 108 valence electrons. The summed E-state index contributed by atoms with van der Waals surface area (Å²) in [4.78, 5) is 13.2. The maximum absolute atomic E-state index is 13.6. The van der Waals surface area contributed by atoms with E-state index in [9.17, 15) is 9.18 Å². The third-order valence-corrected chi connectivity index (χ3v) is 2.77. The Bertz CT molecular complexity index is 500. The maximum atomic E-state index is 13.6. The van der Waals surface area contributed by atoms with Crippen LogP contribution >= 0.6 is 0 Å². The molecule has 1 aromatic rings. The predicted octanol–water partition coefficient (Wildman–Crippen LogP) is 0.892. The van der Waals surface area contributed by atoms with Gasteiger partial charge in [0.25, 0.3) is 0 Å². The van der Waals surface area contributed by atoms with Gasteiger partial charge in [-0.05, 0) is 18.2 Å². The fourth-order valence-electron chi connectivity index (χ4n) is 1.61. The molecule has 5 nitrogen and oxygen atoms in total. The summed E-state index contributed by atoms with van der Waals surface area (Å²) in [7, 11) is 3.18.